The topological polar surface area (TPSA) is 106 Å². The van der Waals surface area contributed by atoms with Crippen molar-refractivity contribution in [3.05, 3.63) is 40.0 Å². The molecule has 0 radical (unpaired) electrons. The number of likely N-dealkylation sites (tertiary alicyclic amines) is 1. The van der Waals surface area contributed by atoms with Gasteiger partial charge in [-0.1, -0.05) is 16.8 Å². The van der Waals surface area contributed by atoms with Crippen LogP contribution in [0.15, 0.2) is 28.8 Å². The van der Waals surface area contributed by atoms with Gasteiger partial charge in [-0.05, 0) is 38.8 Å². The summed E-state index contributed by atoms with van der Waals surface area (Å²) >= 11 is 7.33. The smallest absolute Gasteiger partial charge is 0.303 e. The number of aliphatic hydroxyl groups excluding tert-OH is 1. The number of rotatable bonds is 10. The minimum absolute atomic E-state index is 0.0128. The van der Waals surface area contributed by atoms with Crippen molar-refractivity contribution in [3.8, 4) is 16.5 Å². The summed E-state index contributed by atoms with van der Waals surface area (Å²) in [6.45, 7) is 3.66. The fourth-order valence-electron chi connectivity index (χ4n) is 3.91. The van der Waals surface area contributed by atoms with Gasteiger partial charge < -0.3 is 24.6 Å². The fourth-order valence-corrected chi connectivity index (χ4v) is 4.91. The predicted octanol–water partition coefficient (Wildman–Crippen LogP) is 3.91. The lowest BCUT2D eigenvalue weighted by Crippen LogP contribution is -2.46. The first-order chi connectivity index (χ1) is 17.1. The minimum atomic E-state index is -3.43. The third-order valence-corrected chi connectivity index (χ3v) is 7.18. The Morgan fingerprint density at radius 3 is 2.75 bits per heavy atom. The van der Waals surface area contributed by atoms with E-state index in [2.05, 4.69) is 34.3 Å². The van der Waals surface area contributed by atoms with Crippen molar-refractivity contribution in [1.29, 1.82) is 0 Å². The van der Waals surface area contributed by atoms with Gasteiger partial charge in [0, 0.05) is 37.3 Å². The largest absolute Gasteiger partial charge is 0.470 e. The van der Waals surface area contributed by atoms with Crippen LogP contribution in [0.25, 0.3) is 10.6 Å². The van der Waals surface area contributed by atoms with Gasteiger partial charge in [-0.15, -0.1) is 16.4 Å². The van der Waals surface area contributed by atoms with Crippen LogP contribution in [0.4, 0.5) is 8.78 Å². The maximum atomic E-state index is 13.5. The second kappa shape index (κ2) is 11.2. The van der Waals surface area contributed by atoms with E-state index in [9.17, 15) is 13.6 Å². The number of aliphatic hydroxyl groups is 1. The zero-order valence-electron chi connectivity index (χ0n) is 19.9. The number of carbonyl (C=O) groups excluding carboxylic acids is 1. The zero-order chi connectivity index (χ0) is 25.9. The summed E-state index contributed by atoms with van der Waals surface area (Å²) in [5, 5.41) is 20.1. The van der Waals surface area contributed by atoms with E-state index in [4.69, 9.17) is 26.0 Å². The molecule has 4 heterocycles. The van der Waals surface area contributed by atoms with Gasteiger partial charge in [-0.2, -0.15) is 0 Å². The van der Waals surface area contributed by atoms with E-state index >= 15 is 0 Å². The second-order valence-electron chi connectivity index (χ2n) is 8.99. The highest BCUT2D eigenvalue weighted by Crippen LogP contribution is 2.31. The monoisotopic (exact) mass is 543 g/mol. The van der Waals surface area contributed by atoms with Crippen molar-refractivity contribution in [2.75, 3.05) is 26.3 Å². The summed E-state index contributed by atoms with van der Waals surface area (Å²) in [6.07, 6.45) is 1.61. The first-order valence-corrected chi connectivity index (χ1v) is 12.8. The molecular formula is C23H28ClF2N5O4S. The van der Waals surface area contributed by atoms with Crippen LogP contribution in [0, 0.1) is 0 Å². The van der Waals surface area contributed by atoms with Crippen LogP contribution in [0.1, 0.15) is 42.9 Å². The zero-order valence-corrected chi connectivity index (χ0v) is 21.5. The van der Waals surface area contributed by atoms with Gasteiger partial charge in [0.25, 0.3) is 5.91 Å². The molecule has 1 saturated heterocycles. The van der Waals surface area contributed by atoms with Gasteiger partial charge in [0.1, 0.15) is 18.0 Å². The van der Waals surface area contributed by atoms with Gasteiger partial charge in [-0.3, -0.25) is 9.48 Å². The highest BCUT2D eigenvalue weighted by Gasteiger charge is 2.30. The molecule has 13 heteroatoms. The Kier molecular flexibility index (Phi) is 8.28. The number of ether oxygens (including phenoxy) is 1. The summed E-state index contributed by atoms with van der Waals surface area (Å²) in [6, 6.07) is 7.00. The molecule has 1 amide bonds. The average Bonchev–Trinajstić information content (AvgIpc) is 3.58. The molecule has 0 aromatic carbocycles. The number of aromatic nitrogens is 3. The van der Waals surface area contributed by atoms with Crippen LogP contribution in [0.3, 0.4) is 0 Å². The number of piperidine rings is 1. The van der Waals surface area contributed by atoms with Crippen molar-refractivity contribution in [1.82, 2.24) is 25.2 Å². The van der Waals surface area contributed by atoms with Gasteiger partial charge >= 0.3 is 5.92 Å². The Morgan fingerprint density at radius 2 is 2.11 bits per heavy atom. The molecule has 1 aliphatic rings. The highest BCUT2D eigenvalue weighted by atomic mass is 35.5. The Bertz CT molecular complexity index is 1170. The number of nitrogens with zero attached hydrogens (tertiary/aromatic N) is 4. The molecule has 36 heavy (non-hydrogen) atoms. The van der Waals surface area contributed by atoms with Crippen molar-refractivity contribution in [3.63, 3.8) is 0 Å². The summed E-state index contributed by atoms with van der Waals surface area (Å²) in [7, 11) is 0. The SMILES string of the molecule is CC(C)N1CCC(NC(=O)c2cc(OCC(F)(F)CO)nn2Cc2cc(-c3ccc(Cl)s3)on2)CC1. The number of alkyl halides is 2. The van der Waals surface area contributed by atoms with E-state index in [0.29, 0.717) is 21.8 Å². The van der Waals surface area contributed by atoms with Crippen LogP contribution >= 0.6 is 22.9 Å². The fraction of sp³-hybridized carbons (Fsp3) is 0.522. The molecule has 3 aromatic heterocycles. The lowest BCUT2D eigenvalue weighted by Gasteiger charge is -2.34. The summed E-state index contributed by atoms with van der Waals surface area (Å²) in [5.41, 5.74) is 0.622. The van der Waals surface area contributed by atoms with Crippen molar-refractivity contribution in [2.24, 2.45) is 0 Å². The lowest BCUT2D eigenvalue weighted by molar-refractivity contribution is -0.0810. The normalized spacial score (nSPS) is 15.5. The Hall–Kier alpha value is -2.54. The predicted molar refractivity (Wildman–Crippen MR) is 131 cm³/mol. The Labute approximate surface area is 216 Å². The standard InChI is InChI=1S/C23H28ClF2N5O4S/c1-14(2)30-7-5-15(6-8-30)27-22(33)17-10-21(34-13-23(25,26)12-32)28-31(17)11-16-9-18(35-29-16)19-3-4-20(24)36-19/h3-4,9-10,14-15,32H,5-8,11-13H2,1-2H3,(H,27,33). The molecule has 0 atom stereocenters. The van der Waals surface area contributed by atoms with Gasteiger partial charge in [-0.25, -0.2) is 8.78 Å². The molecule has 0 spiro atoms. The van der Waals surface area contributed by atoms with Crippen LogP contribution in [-0.4, -0.2) is 75.2 Å². The average molecular weight is 544 g/mol. The molecule has 1 fully saturated rings. The molecule has 0 bridgehead atoms. The number of thiophene rings is 1. The first kappa shape index (κ1) is 26.5. The van der Waals surface area contributed by atoms with Crippen LogP contribution in [-0.2, 0) is 6.54 Å². The van der Waals surface area contributed by atoms with Gasteiger partial charge in [0.2, 0.25) is 5.88 Å². The number of nitrogens with one attached hydrogen (secondary N) is 1. The van der Waals surface area contributed by atoms with Crippen LogP contribution < -0.4 is 10.1 Å². The quantitative estimate of drug-likeness (QED) is 0.399. The van der Waals surface area contributed by atoms with Crippen molar-refractivity contribution >= 4 is 28.8 Å². The van der Waals surface area contributed by atoms with E-state index in [1.807, 2.05) is 6.07 Å². The molecule has 1 aliphatic heterocycles. The lowest BCUT2D eigenvalue weighted by atomic mass is 10.0. The summed E-state index contributed by atoms with van der Waals surface area (Å²) in [5.74, 6) is -3.46. The van der Waals surface area contributed by atoms with Gasteiger partial charge in [0.15, 0.2) is 12.4 Å². The van der Waals surface area contributed by atoms with E-state index < -0.39 is 19.1 Å². The third-order valence-electron chi connectivity index (χ3n) is 5.93. The summed E-state index contributed by atoms with van der Waals surface area (Å²) < 4.78 is 39.4. The number of carbonyl (C=O) groups is 1. The first-order valence-electron chi connectivity index (χ1n) is 11.6. The summed E-state index contributed by atoms with van der Waals surface area (Å²) in [4.78, 5) is 16.3. The second-order valence-corrected chi connectivity index (χ2v) is 10.7. The third kappa shape index (κ3) is 6.61. The number of amides is 1. The molecule has 0 aliphatic carbocycles. The van der Waals surface area contributed by atoms with Crippen LogP contribution in [0.5, 0.6) is 5.88 Å². The maximum Gasteiger partial charge on any atom is 0.303 e. The Balaban J connectivity index is 1.50. The number of hydrogen-bond acceptors (Lipinski definition) is 8. The van der Waals surface area contributed by atoms with Gasteiger partial charge in [0.05, 0.1) is 15.8 Å². The molecule has 4 rings (SSSR count). The number of halogens is 3. The molecule has 0 unspecified atom stereocenters. The van der Waals surface area contributed by atoms with Crippen molar-refractivity contribution in [2.45, 2.75) is 51.2 Å². The maximum absolute atomic E-state index is 13.5. The molecule has 0 saturated carbocycles. The Morgan fingerprint density at radius 1 is 1.36 bits per heavy atom. The molecule has 3 aromatic rings. The van der Waals surface area contributed by atoms with Crippen LogP contribution in [0.2, 0.25) is 4.34 Å². The van der Waals surface area contributed by atoms with E-state index in [1.54, 1.807) is 12.1 Å². The molecule has 196 valence electrons. The highest BCUT2D eigenvalue weighted by molar-refractivity contribution is 7.19. The number of hydrogen-bond donors (Lipinski definition) is 2. The molecule has 2 N–H and O–H groups in total. The minimum Gasteiger partial charge on any atom is -0.470 e. The van der Waals surface area contributed by atoms with E-state index in [-0.39, 0.29) is 30.1 Å². The van der Waals surface area contributed by atoms with Crippen molar-refractivity contribution < 1.29 is 27.9 Å². The molecule has 9 nitrogen and oxygen atoms in total. The molecular weight excluding hydrogens is 516 g/mol. The van der Waals surface area contributed by atoms with E-state index in [0.717, 1.165) is 30.8 Å². The van der Waals surface area contributed by atoms with E-state index in [1.165, 1.54) is 22.1 Å².